The van der Waals surface area contributed by atoms with Gasteiger partial charge >= 0.3 is 0 Å². The van der Waals surface area contributed by atoms with Crippen molar-refractivity contribution in [1.29, 1.82) is 0 Å². The number of ether oxygens (including phenoxy) is 1. The van der Waals surface area contributed by atoms with Gasteiger partial charge in [-0.15, -0.1) is 0 Å². The van der Waals surface area contributed by atoms with E-state index in [4.69, 9.17) is 16.3 Å². The van der Waals surface area contributed by atoms with Crippen LogP contribution in [0.15, 0.2) is 48.5 Å². The zero-order valence-electron chi connectivity index (χ0n) is 14.6. The van der Waals surface area contributed by atoms with E-state index in [-0.39, 0.29) is 11.4 Å². The van der Waals surface area contributed by atoms with E-state index in [1.807, 2.05) is 45.0 Å². The van der Waals surface area contributed by atoms with E-state index in [1.54, 1.807) is 19.1 Å². The van der Waals surface area contributed by atoms with Crippen molar-refractivity contribution >= 4 is 17.5 Å². The average molecular weight is 346 g/mol. The highest BCUT2D eigenvalue weighted by Gasteiger charge is 2.25. The quantitative estimate of drug-likeness (QED) is 0.833. The lowest BCUT2D eigenvalue weighted by molar-refractivity contribution is -0.128. The highest BCUT2D eigenvalue weighted by atomic mass is 35.5. The highest BCUT2D eigenvalue weighted by molar-refractivity contribution is 6.31. The summed E-state index contributed by atoms with van der Waals surface area (Å²) in [5.41, 5.74) is 1.75. The summed E-state index contributed by atoms with van der Waals surface area (Å²) < 4.78 is 5.74. The first kappa shape index (κ1) is 18.3. The zero-order valence-corrected chi connectivity index (χ0v) is 15.4. The molecule has 1 atom stereocenters. The summed E-state index contributed by atoms with van der Waals surface area (Å²) in [6.07, 6.45) is 0.174. The van der Waals surface area contributed by atoms with Crippen LogP contribution in [-0.2, 0) is 11.2 Å². The first-order valence-corrected chi connectivity index (χ1v) is 8.43. The van der Waals surface area contributed by atoms with Crippen molar-refractivity contribution in [3.63, 3.8) is 0 Å². The Labute approximate surface area is 149 Å². The molecule has 0 spiro atoms. The standard InChI is InChI=1S/C20H24ClNO2/c1-14-12-17(10-11-18(14)21)24-15(2)19(23)22-20(3,4)13-16-8-6-5-7-9-16/h5-12,15H,13H2,1-4H3,(H,22,23). The molecule has 24 heavy (non-hydrogen) atoms. The number of aryl methyl sites for hydroxylation is 1. The molecule has 0 saturated heterocycles. The molecule has 0 aliphatic rings. The van der Waals surface area contributed by atoms with Crippen LogP contribution in [0.5, 0.6) is 5.75 Å². The number of halogens is 1. The van der Waals surface area contributed by atoms with Gasteiger partial charge in [-0.05, 0) is 63.4 Å². The van der Waals surface area contributed by atoms with E-state index in [0.29, 0.717) is 10.8 Å². The van der Waals surface area contributed by atoms with Gasteiger partial charge in [-0.25, -0.2) is 0 Å². The Morgan fingerprint density at radius 2 is 1.88 bits per heavy atom. The first-order chi connectivity index (χ1) is 11.3. The van der Waals surface area contributed by atoms with Gasteiger partial charge < -0.3 is 10.1 Å². The minimum absolute atomic E-state index is 0.136. The fraction of sp³-hybridized carbons (Fsp3) is 0.350. The van der Waals surface area contributed by atoms with Crippen LogP contribution in [-0.4, -0.2) is 17.6 Å². The van der Waals surface area contributed by atoms with Crippen molar-refractivity contribution in [3.05, 3.63) is 64.7 Å². The van der Waals surface area contributed by atoms with Crippen LogP contribution in [0.2, 0.25) is 5.02 Å². The fourth-order valence-corrected chi connectivity index (χ4v) is 2.65. The van der Waals surface area contributed by atoms with Crippen LogP contribution in [0.3, 0.4) is 0 Å². The van der Waals surface area contributed by atoms with Crippen molar-refractivity contribution in [3.8, 4) is 5.75 Å². The van der Waals surface area contributed by atoms with Gasteiger partial charge in [-0.2, -0.15) is 0 Å². The molecule has 2 rings (SSSR count). The molecule has 0 aromatic heterocycles. The SMILES string of the molecule is Cc1cc(OC(C)C(=O)NC(C)(C)Cc2ccccc2)ccc1Cl. The van der Waals surface area contributed by atoms with Gasteiger partial charge in [0.25, 0.3) is 5.91 Å². The number of hydrogen-bond acceptors (Lipinski definition) is 2. The van der Waals surface area contributed by atoms with E-state index in [1.165, 1.54) is 5.56 Å². The number of amides is 1. The van der Waals surface area contributed by atoms with Crippen LogP contribution in [0.4, 0.5) is 0 Å². The lowest BCUT2D eigenvalue weighted by Crippen LogP contribution is -2.49. The van der Waals surface area contributed by atoms with Crippen LogP contribution in [0.25, 0.3) is 0 Å². The Hall–Kier alpha value is -2.00. The molecule has 1 unspecified atom stereocenters. The molecule has 0 heterocycles. The summed E-state index contributed by atoms with van der Waals surface area (Å²) in [6, 6.07) is 15.5. The third-order valence-corrected chi connectivity index (χ3v) is 4.19. The van der Waals surface area contributed by atoms with Gasteiger partial charge in [-0.3, -0.25) is 4.79 Å². The first-order valence-electron chi connectivity index (χ1n) is 8.05. The van der Waals surface area contributed by atoms with Crippen molar-refractivity contribution in [2.75, 3.05) is 0 Å². The molecule has 0 aliphatic heterocycles. The lowest BCUT2D eigenvalue weighted by atomic mass is 9.94. The molecule has 2 aromatic carbocycles. The molecule has 0 aliphatic carbocycles. The van der Waals surface area contributed by atoms with Gasteiger partial charge in [0.1, 0.15) is 5.75 Å². The summed E-state index contributed by atoms with van der Waals surface area (Å²) in [5.74, 6) is 0.504. The molecule has 4 heteroatoms. The second-order valence-electron chi connectivity index (χ2n) is 6.71. The zero-order chi connectivity index (χ0) is 17.7. The lowest BCUT2D eigenvalue weighted by Gasteiger charge is -2.28. The Morgan fingerprint density at radius 1 is 1.21 bits per heavy atom. The summed E-state index contributed by atoms with van der Waals surface area (Å²) in [7, 11) is 0. The van der Waals surface area contributed by atoms with Crippen molar-refractivity contribution < 1.29 is 9.53 Å². The number of carbonyl (C=O) groups is 1. The van der Waals surface area contributed by atoms with Crippen LogP contribution < -0.4 is 10.1 Å². The normalized spacial score (nSPS) is 12.5. The Kier molecular flexibility index (Phi) is 5.89. The Morgan fingerprint density at radius 3 is 2.50 bits per heavy atom. The summed E-state index contributed by atoms with van der Waals surface area (Å²) in [4.78, 5) is 12.4. The Bertz CT molecular complexity index is 698. The van der Waals surface area contributed by atoms with Crippen molar-refractivity contribution in [1.82, 2.24) is 5.32 Å². The van der Waals surface area contributed by atoms with Gasteiger partial charge in [-0.1, -0.05) is 41.9 Å². The molecule has 2 aromatic rings. The number of carbonyl (C=O) groups excluding carboxylic acids is 1. The van der Waals surface area contributed by atoms with Crippen LogP contribution >= 0.6 is 11.6 Å². The molecule has 1 amide bonds. The van der Waals surface area contributed by atoms with E-state index in [0.717, 1.165) is 12.0 Å². The molecular weight excluding hydrogens is 322 g/mol. The van der Waals surface area contributed by atoms with Gasteiger partial charge in [0.15, 0.2) is 6.10 Å². The summed E-state index contributed by atoms with van der Waals surface area (Å²) in [6.45, 7) is 7.68. The van der Waals surface area contributed by atoms with E-state index >= 15 is 0 Å². The third-order valence-electron chi connectivity index (χ3n) is 3.76. The monoisotopic (exact) mass is 345 g/mol. The van der Waals surface area contributed by atoms with E-state index in [9.17, 15) is 4.79 Å². The van der Waals surface area contributed by atoms with E-state index < -0.39 is 6.10 Å². The number of nitrogens with one attached hydrogen (secondary N) is 1. The minimum Gasteiger partial charge on any atom is -0.481 e. The minimum atomic E-state index is -0.583. The molecule has 0 radical (unpaired) electrons. The topological polar surface area (TPSA) is 38.3 Å². The molecule has 1 N–H and O–H groups in total. The van der Waals surface area contributed by atoms with Crippen molar-refractivity contribution in [2.45, 2.75) is 45.8 Å². The highest BCUT2D eigenvalue weighted by Crippen LogP contribution is 2.22. The number of rotatable bonds is 6. The van der Waals surface area contributed by atoms with Crippen LogP contribution in [0.1, 0.15) is 31.9 Å². The maximum atomic E-state index is 12.4. The van der Waals surface area contributed by atoms with Gasteiger partial charge in [0.2, 0.25) is 0 Å². The molecule has 3 nitrogen and oxygen atoms in total. The van der Waals surface area contributed by atoms with E-state index in [2.05, 4.69) is 17.4 Å². The molecule has 128 valence electrons. The molecular formula is C20H24ClNO2. The predicted octanol–water partition coefficient (Wildman–Crippen LogP) is 4.55. The predicted molar refractivity (Wildman–Crippen MR) is 98.6 cm³/mol. The molecule has 0 bridgehead atoms. The summed E-state index contributed by atoms with van der Waals surface area (Å²) >= 11 is 6.01. The van der Waals surface area contributed by atoms with Crippen LogP contribution in [0, 0.1) is 6.92 Å². The number of hydrogen-bond donors (Lipinski definition) is 1. The summed E-state index contributed by atoms with van der Waals surface area (Å²) in [5, 5.41) is 3.74. The third kappa shape index (κ3) is 5.27. The Balaban J connectivity index is 1.96. The maximum Gasteiger partial charge on any atom is 0.261 e. The maximum absolute atomic E-state index is 12.4. The smallest absolute Gasteiger partial charge is 0.261 e. The molecule has 0 fully saturated rings. The van der Waals surface area contributed by atoms with Gasteiger partial charge in [0, 0.05) is 10.6 Å². The average Bonchev–Trinajstić information content (AvgIpc) is 2.51. The van der Waals surface area contributed by atoms with Gasteiger partial charge in [0.05, 0.1) is 0 Å². The second-order valence-corrected chi connectivity index (χ2v) is 7.11. The second kappa shape index (κ2) is 7.71. The van der Waals surface area contributed by atoms with Crippen molar-refractivity contribution in [2.24, 2.45) is 0 Å². The fourth-order valence-electron chi connectivity index (χ4n) is 2.53. The largest absolute Gasteiger partial charge is 0.481 e. The molecule has 0 saturated carbocycles. The number of benzene rings is 2.